The van der Waals surface area contributed by atoms with Crippen LogP contribution in [0.2, 0.25) is 0 Å². The Labute approximate surface area is 217 Å². The highest BCUT2D eigenvalue weighted by molar-refractivity contribution is 7.17. The Kier molecular flexibility index (Phi) is 7.32. The highest BCUT2D eigenvalue weighted by Gasteiger charge is 2.26. The average Bonchev–Trinajstić information content (AvgIpc) is 3.48. The third-order valence-electron chi connectivity index (χ3n) is 6.32. The number of nitrogens with zero attached hydrogens (tertiary/aromatic N) is 1. The zero-order valence-electron chi connectivity index (χ0n) is 20.4. The van der Waals surface area contributed by atoms with Crippen molar-refractivity contribution in [3.63, 3.8) is 0 Å². The summed E-state index contributed by atoms with van der Waals surface area (Å²) >= 11 is 1.39. The molecule has 2 aromatic carbocycles. The second-order valence-electron chi connectivity index (χ2n) is 8.77. The number of hydrogen-bond donors (Lipinski definition) is 1. The van der Waals surface area contributed by atoms with Crippen LogP contribution in [0.5, 0.6) is 0 Å². The zero-order valence-corrected chi connectivity index (χ0v) is 21.2. The Bertz CT molecular complexity index is 1440. The number of nitrogens with one attached hydrogen (secondary N) is 1. The average molecular weight is 519 g/mol. The fraction of sp³-hybridized carbons (Fsp3) is 0.286. The van der Waals surface area contributed by atoms with Gasteiger partial charge in [-0.2, -0.15) is 0 Å². The summed E-state index contributed by atoms with van der Waals surface area (Å²) in [6.07, 6.45) is 5.91. The van der Waals surface area contributed by atoms with E-state index >= 15 is 0 Å². The van der Waals surface area contributed by atoms with Gasteiger partial charge in [-0.15, -0.1) is 11.3 Å². The first-order chi connectivity index (χ1) is 18.0. The molecule has 190 valence electrons. The minimum atomic E-state index is -0.681. The number of thiophene rings is 1. The predicted molar refractivity (Wildman–Crippen MR) is 140 cm³/mol. The number of carbonyl (C=O) groups excluding carboxylic acids is 3. The van der Waals surface area contributed by atoms with Gasteiger partial charge in [-0.3, -0.25) is 4.79 Å². The lowest BCUT2D eigenvalue weighted by atomic mass is 9.96. The first kappa shape index (κ1) is 24.7. The van der Waals surface area contributed by atoms with Crippen LogP contribution in [0.4, 0.5) is 5.00 Å². The second-order valence-corrected chi connectivity index (χ2v) is 9.88. The molecule has 1 aliphatic carbocycles. The summed E-state index contributed by atoms with van der Waals surface area (Å²) in [5.41, 5.74) is 3.34. The minimum absolute atomic E-state index is 0.233. The summed E-state index contributed by atoms with van der Waals surface area (Å²) in [4.78, 5) is 43.8. The predicted octanol–water partition coefficient (Wildman–Crippen LogP) is 5.80. The van der Waals surface area contributed by atoms with E-state index in [1.165, 1.54) is 18.4 Å². The van der Waals surface area contributed by atoms with Crippen LogP contribution in [-0.4, -0.2) is 36.5 Å². The Hall–Kier alpha value is -3.98. The number of amides is 1. The summed E-state index contributed by atoms with van der Waals surface area (Å²) in [6, 6.07) is 14.1. The number of fused-ring (bicyclic) bond motifs is 2. The maximum Gasteiger partial charge on any atom is 0.341 e. The molecule has 0 atom stereocenters. The Balaban J connectivity index is 1.31. The van der Waals surface area contributed by atoms with Crippen LogP contribution in [0.3, 0.4) is 0 Å². The summed E-state index contributed by atoms with van der Waals surface area (Å²) in [5, 5.41) is 3.20. The number of aryl methyl sites for hydroxylation is 1. The molecule has 0 radical (unpaired) electrons. The number of carbonyl (C=O) groups is 3. The number of rotatable bonds is 6. The van der Waals surface area contributed by atoms with Gasteiger partial charge in [0.25, 0.3) is 5.91 Å². The molecule has 0 spiro atoms. The molecule has 9 heteroatoms. The number of aromatic nitrogens is 1. The number of benzene rings is 2. The maximum absolute atomic E-state index is 12.9. The van der Waals surface area contributed by atoms with Crippen LogP contribution in [-0.2, 0) is 27.1 Å². The molecular formula is C28H26N2O6S. The molecule has 0 aliphatic heterocycles. The van der Waals surface area contributed by atoms with E-state index in [1.807, 2.05) is 18.2 Å². The lowest BCUT2D eigenvalue weighted by Crippen LogP contribution is -2.22. The van der Waals surface area contributed by atoms with Crippen molar-refractivity contribution < 1.29 is 28.3 Å². The molecule has 4 aromatic rings. The lowest BCUT2D eigenvalue weighted by Gasteiger charge is -2.11. The highest BCUT2D eigenvalue weighted by Crippen LogP contribution is 2.37. The first-order valence-electron chi connectivity index (χ1n) is 12.2. The number of esters is 2. The fourth-order valence-electron chi connectivity index (χ4n) is 4.53. The molecular weight excluding hydrogens is 492 g/mol. The smallest absolute Gasteiger partial charge is 0.341 e. The Morgan fingerprint density at radius 1 is 0.973 bits per heavy atom. The topological polar surface area (TPSA) is 108 Å². The normalized spacial score (nSPS) is 13.3. The van der Waals surface area contributed by atoms with Crippen LogP contribution >= 0.6 is 11.3 Å². The van der Waals surface area contributed by atoms with E-state index in [2.05, 4.69) is 10.3 Å². The molecule has 0 unspecified atom stereocenters. The van der Waals surface area contributed by atoms with Crippen molar-refractivity contribution >= 4 is 45.3 Å². The van der Waals surface area contributed by atoms with Gasteiger partial charge in [0.15, 0.2) is 12.2 Å². The molecule has 5 rings (SSSR count). The van der Waals surface area contributed by atoms with Crippen molar-refractivity contribution in [2.45, 2.75) is 38.5 Å². The quantitative estimate of drug-likeness (QED) is 0.322. The van der Waals surface area contributed by atoms with Crippen molar-refractivity contribution in [1.29, 1.82) is 0 Å². The minimum Gasteiger partial charge on any atom is -0.465 e. The zero-order chi connectivity index (χ0) is 25.8. The van der Waals surface area contributed by atoms with Gasteiger partial charge < -0.3 is 19.2 Å². The monoisotopic (exact) mass is 518 g/mol. The van der Waals surface area contributed by atoms with Crippen molar-refractivity contribution in [3.8, 4) is 11.5 Å². The van der Waals surface area contributed by atoms with Crippen LogP contribution in [0.25, 0.3) is 22.6 Å². The highest BCUT2D eigenvalue weighted by atomic mass is 32.1. The SMILES string of the molecule is COC(=O)c1c(NC(=O)COC(=O)c2ccccc2-c2nc3ccccc3o2)sc2c1CCCCCC2. The van der Waals surface area contributed by atoms with Crippen molar-refractivity contribution in [2.24, 2.45) is 0 Å². The van der Waals surface area contributed by atoms with E-state index in [4.69, 9.17) is 13.9 Å². The molecule has 1 aliphatic rings. The van der Waals surface area contributed by atoms with E-state index < -0.39 is 24.5 Å². The summed E-state index contributed by atoms with van der Waals surface area (Å²) < 4.78 is 16.2. The van der Waals surface area contributed by atoms with E-state index in [1.54, 1.807) is 30.3 Å². The van der Waals surface area contributed by atoms with Crippen molar-refractivity contribution in [3.05, 3.63) is 70.1 Å². The van der Waals surface area contributed by atoms with Crippen LogP contribution in [0, 0.1) is 0 Å². The molecule has 0 bridgehead atoms. The van der Waals surface area contributed by atoms with E-state index in [9.17, 15) is 14.4 Å². The molecule has 1 N–H and O–H groups in total. The number of ether oxygens (including phenoxy) is 2. The fourth-order valence-corrected chi connectivity index (χ4v) is 5.83. The van der Waals surface area contributed by atoms with E-state index in [-0.39, 0.29) is 11.5 Å². The molecule has 0 saturated heterocycles. The summed E-state index contributed by atoms with van der Waals surface area (Å²) in [7, 11) is 1.33. The third-order valence-corrected chi connectivity index (χ3v) is 7.53. The molecule has 8 nitrogen and oxygen atoms in total. The number of para-hydroxylation sites is 2. The Morgan fingerprint density at radius 3 is 2.54 bits per heavy atom. The molecule has 0 saturated carbocycles. The third kappa shape index (κ3) is 5.27. The number of oxazole rings is 1. The molecule has 37 heavy (non-hydrogen) atoms. The standard InChI is InChI=1S/C28H26N2O6S/c1-34-28(33)24-19-12-4-2-3-5-15-22(19)37-26(24)30-23(31)16-35-27(32)18-11-7-6-10-17(18)25-29-20-13-8-9-14-21(20)36-25/h6-11,13-14H,2-5,12,15-16H2,1H3,(H,30,31). The summed E-state index contributed by atoms with van der Waals surface area (Å²) in [6.45, 7) is -0.510. The van der Waals surface area contributed by atoms with Crippen LogP contribution in [0.15, 0.2) is 52.9 Å². The van der Waals surface area contributed by atoms with Gasteiger partial charge in [0.05, 0.1) is 23.8 Å². The lowest BCUT2D eigenvalue weighted by molar-refractivity contribution is -0.119. The number of anilines is 1. The van der Waals surface area contributed by atoms with E-state index in [0.29, 0.717) is 27.2 Å². The first-order valence-corrected chi connectivity index (χ1v) is 13.0. The largest absolute Gasteiger partial charge is 0.465 e. The molecule has 0 fully saturated rings. The molecule has 2 heterocycles. The van der Waals surface area contributed by atoms with Gasteiger partial charge in [-0.25, -0.2) is 14.6 Å². The van der Waals surface area contributed by atoms with Gasteiger partial charge in [0, 0.05) is 4.88 Å². The van der Waals surface area contributed by atoms with E-state index in [0.717, 1.165) is 49.0 Å². The van der Waals surface area contributed by atoms with Gasteiger partial charge in [-0.05, 0) is 55.5 Å². The summed E-state index contributed by atoms with van der Waals surface area (Å²) in [5.74, 6) is -1.40. The van der Waals surface area contributed by atoms with Crippen LogP contribution < -0.4 is 5.32 Å². The van der Waals surface area contributed by atoms with Gasteiger partial charge >= 0.3 is 11.9 Å². The molecule has 1 amide bonds. The van der Waals surface area contributed by atoms with Crippen molar-refractivity contribution in [1.82, 2.24) is 4.98 Å². The van der Waals surface area contributed by atoms with Crippen molar-refractivity contribution in [2.75, 3.05) is 19.0 Å². The van der Waals surface area contributed by atoms with Gasteiger partial charge in [0.2, 0.25) is 5.89 Å². The van der Waals surface area contributed by atoms with Gasteiger partial charge in [0.1, 0.15) is 10.5 Å². The van der Waals surface area contributed by atoms with Crippen LogP contribution in [0.1, 0.15) is 56.8 Å². The second kappa shape index (κ2) is 11.0. The maximum atomic E-state index is 12.9. The van der Waals surface area contributed by atoms with Gasteiger partial charge in [-0.1, -0.05) is 37.1 Å². The number of hydrogen-bond acceptors (Lipinski definition) is 8. The Morgan fingerprint density at radius 2 is 1.73 bits per heavy atom. The molecule has 2 aromatic heterocycles. The number of methoxy groups -OCH3 is 1.